The maximum absolute atomic E-state index is 11.6. The third-order valence-corrected chi connectivity index (χ3v) is 10.7. The van der Waals surface area contributed by atoms with Gasteiger partial charge < -0.3 is 19.7 Å². The van der Waals surface area contributed by atoms with Gasteiger partial charge in [0.25, 0.3) is 0 Å². The van der Waals surface area contributed by atoms with Gasteiger partial charge in [0.15, 0.2) is 0 Å². The highest BCUT2D eigenvalue weighted by Crippen LogP contribution is 2.51. The molecule has 2 rings (SSSR count). The largest absolute Gasteiger partial charge is 0.469 e. The Balaban J connectivity index is 2.00. The Hall–Kier alpha value is -1.83. The summed E-state index contributed by atoms with van der Waals surface area (Å²) in [7, 11) is 2.82. The molecule has 0 saturated heterocycles. The van der Waals surface area contributed by atoms with Gasteiger partial charge in [-0.15, -0.1) is 0 Å². The zero-order valence-electron chi connectivity index (χ0n) is 25.2. The van der Waals surface area contributed by atoms with Crippen molar-refractivity contribution in [2.45, 2.75) is 92.3 Å². The number of esters is 2. The number of thioether (sulfide) groups is 1. The fourth-order valence-electron chi connectivity index (χ4n) is 5.70. The molecule has 0 aromatic heterocycles. The predicted octanol–water partition coefficient (Wildman–Crippen LogP) is 6.19. The first-order valence-corrected chi connectivity index (χ1v) is 15.1. The first-order valence-electron chi connectivity index (χ1n) is 14.0. The van der Waals surface area contributed by atoms with E-state index in [1.807, 2.05) is 24.3 Å². The van der Waals surface area contributed by atoms with Crippen LogP contribution in [0, 0.1) is 21.7 Å². The highest BCUT2D eigenvalue weighted by atomic mass is 32.2. The van der Waals surface area contributed by atoms with Crippen LogP contribution < -0.4 is 0 Å². The second kappa shape index (κ2) is 13.7. The monoisotopic (exact) mass is 562 g/mol. The molecular weight excluding hydrogens is 512 g/mol. The molecular formula is C32H50O6S. The summed E-state index contributed by atoms with van der Waals surface area (Å²) >= 11 is 1.70. The molecule has 2 aliphatic carbocycles. The highest BCUT2D eigenvalue weighted by molar-refractivity contribution is 7.99. The fourth-order valence-corrected chi connectivity index (χ4v) is 6.78. The van der Waals surface area contributed by atoms with E-state index in [1.54, 1.807) is 11.8 Å². The van der Waals surface area contributed by atoms with E-state index in [1.165, 1.54) is 14.2 Å². The van der Waals surface area contributed by atoms with Crippen molar-refractivity contribution in [3.8, 4) is 0 Å². The molecule has 0 aliphatic heterocycles. The lowest BCUT2D eigenvalue weighted by Crippen LogP contribution is -2.46. The summed E-state index contributed by atoms with van der Waals surface area (Å²) in [6, 6.07) is 0. The summed E-state index contributed by atoms with van der Waals surface area (Å²) in [5, 5.41) is 22.9. The van der Waals surface area contributed by atoms with Crippen molar-refractivity contribution in [2.24, 2.45) is 21.7 Å². The van der Waals surface area contributed by atoms with Gasteiger partial charge in [0.1, 0.15) is 0 Å². The smallest absolute Gasteiger partial charge is 0.305 e. The predicted molar refractivity (Wildman–Crippen MR) is 159 cm³/mol. The molecule has 220 valence electrons. The molecule has 4 unspecified atom stereocenters. The van der Waals surface area contributed by atoms with Gasteiger partial charge in [-0.1, -0.05) is 78.0 Å². The Morgan fingerprint density at radius 2 is 1.15 bits per heavy atom. The number of hydrogen-bond donors (Lipinski definition) is 2. The molecule has 4 atom stereocenters. The van der Waals surface area contributed by atoms with Crippen molar-refractivity contribution in [3.05, 3.63) is 47.6 Å². The first-order chi connectivity index (χ1) is 18.1. The fraction of sp³-hybridized carbons (Fsp3) is 0.688. The van der Waals surface area contributed by atoms with E-state index in [2.05, 4.69) is 53.7 Å². The molecule has 0 heterocycles. The number of rotatable bonds is 14. The average molecular weight is 563 g/mol. The molecule has 0 fully saturated rings. The van der Waals surface area contributed by atoms with Gasteiger partial charge in [-0.05, 0) is 47.7 Å². The minimum absolute atomic E-state index is 0.206. The molecule has 2 aliphatic rings. The standard InChI is InChI=1S/C32H50O6S/c1-29(2,17-11-15-25(33)37-7)31(5)19-9-13-23(27(31)35)21-39-22-24-14-10-20-32(6,28(24)36)30(3,4)18-12-16-26(34)38-8/h9-10,13-14,19-20,27-28,35-36H,11-12,15-18,21-22H2,1-8H3. The van der Waals surface area contributed by atoms with E-state index in [4.69, 9.17) is 9.47 Å². The number of hydrogen-bond acceptors (Lipinski definition) is 7. The van der Waals surface area contributed by atoms with Crippen LogP contribution in [-0.2, 0) is 19.1 Å². The minimum atomic E-state index is -0.632. The summed E-state index contributed by atoms with van der Waals surface area (Å²) in [6.07, 6.45) is 14.8. The zero-order valence-corrected chi connectivity index (χ0v) is 26.0. The Morgan fingerprint density at radius 1 is 0.795 bits per heavy atom. The van der Waals surface area contributed by atoms with E-state index >= 15 is 0 Å². The molecule has 6 nitrogen and oxygen atoms in total. The van der Waals surface area contributed by atoms with Crippen molar-refractivity contribution in [3.63, 3.8) is 0 Å². The van der Waals surface area contributed by atoms with Crippen LogP contribution in [0.1, 0.15) is 80.1 Å². The molecule has 0 aromatic rings. The second-order valence-electron chi connectivity index (χ2n) is 12.7. The number of methoxy groups -OCH3 is 2. The Bertz CT molecular complexity index is 913. The molecule has 0 spiro atoms. The first kappa shape index (κ1) is 33.4. The normalized spacial score (nSPS) is 27.1. The van der Waals surface area contributed by atoms with Crippen molar-refractivity contribution in [2.75, 3.05) is 25.7 Å². The quantitative estimate of drug-likeness (QED) is 0.244. The van der Waals surface area contributed by atoms with E-state index in [-0.39, 0.29) is 22.8 Å². The van der Waals surface area contributed by atoms with Crippen LogP contribution in [0.4, 0.5) is 0 Å². The number of ether oxygens (including phenoxy) is 2. The summed E-state index contributed by atoms with van der Waals surface area (Å²) in [5.74, 6) is 0.906. The third kappa shape index (κ3) is 7.68. The number of aliphatic hydroxyl groups is 2. The molecule has 7 heteroatoms. The topological polar surface area (TPSA) is 93.1 Å². The van der Waals surface area contributed by atoms with Crippen molar-refractivity contribution in [1.29, 1.82) is 0 Å². The summed E-state index contributed by atoms with van der Waals surface area (Å²) in [4.78, 5) is 23.2. The van der Waals surface area contributed by atoms with Crippen LogP contribution in [0.5, 0.6) is 0 Å². The summed E-state index contributed by atoms with van der Waals surface area (Å²) < 4.78 is 9.56. The number of aliphatic hydroxyl groups excluding tert-OH is 2. The van der Waals surface area contributed by atoms with Gasteiger partial charge in [-0.2, -0.15) is 11.8 Å². The maximum Gasteiger partial charge on any atom is 0.305 e. The Labute approximate surface area is 240 Å². The number of allylic oxidation sites excluding steroid dienone is 4. The van der Waals surface area contributed by atoms with Gasteiger partial charge in [-0.3, -0.25) is 9.59 Å². The summed E-state index contributed by atoms with van der Waals surface area (Å²) in [5.41, 5.74) is 0.557. The van der Waals surface area contributed by atoms with Crippen LogP contribution in [0.25, 0.3) is 0 Å². The van der Waals surface area contributed by atoms with Crippen LogP contribution >= 0.6 is 11.8 Å². The summed E-state index contributed by atoms with van der Waals surface area (Å²) in [6.45, 7) is 12.8. The molecule has 0 amide bonds. The third-order valence-electron chi connectivity index (χ3n) is 9.62. The van der Waals surface area contributed by atoms with Gasteiger partial charge >= 0.3 is 11.9 Å². The van der Waals surface area contributed by atoms with Crippen LogP contribution in [0.15, 0.2) is 47.6 Å². The van der Waals surface area contributed by atoms with Crippen molar-refractivity contribution in [1.82, 2.24) is 0 Å². The van der Waals surface area contributed by atoms with Gasteiger partial charge in [0.05, 0.1) is 26.4 Å². The average Bonchev–Trinajstić information content (AvgIpc) is 2.88. The number of carbonyl (C=O) groups is 2. The van der Waals surface area contributed by atoms with E-state index in [0.29, 0.717) is 37.2 Å². The molecule has 0 bridgehead atoms. The van der Waals surface area contributed by atoms with Gasteiger partial charge in [-0.25, -0.2) is 0 Å². The molecule has 0 aromatic carbocycles. The lowest BCUT2D eigenvalue weighted by molar-refractivity contribution is -0.141. The minimum Gasteiger partial charge on any atom is -0.469 e. The molecule has 0 radical (unpaired) electrons. The SMILES string of the molecule is COC(=O)CCCC(C)(C)C1(C)C=CC=C(CSCC2=CC=CC(C)(C(C)(C)CCCC(=O)OC)C2O)C1O. The van der Waals surface area contributed by atoms with Crippen molar-refractivity contribution >= 4 is 23.7 Å². The van der Waals surface area contributed by atoms with E-state index < -0.39 is 23.0 Å². The van der Waals surface area contributed by atoms with Gasteiger partial charge in [0, 0.05) is 35.2 Å². The van der Waals surface area contributed by atoms with E-state index in [0.717, 1.165) is 24.0 Å². The molecule has 0 saturated carbocycles. The van der Waals surface area contributed by atoms with Crippen LogP contribution in [0.2, 0.25) is 0 Å². The number of carbonyl (C=O) groups excluding carboxylic acids is 2. The lowest BCUT2D eigenvalue weighted by Gasteiger charge is -2.48. The zero-order chi connectivity index (χ0) is 29.5. The maximum atomic E-state index is 11.6. The highest BCUT2D eigenvalue weighted by Gasteiger charge is 2.47. The molecule has 2 N–H and O–H groups in total. The van der Waals surface area contributed by atoms with Crippen molar-refractivity contribution < 1.29 is 29.3 Å². The Morgan fingerprint density at radius 3 is 1.49 bits per heavy atom. The van der Waals surface area contributed by atoms with Crippen LogP contribution in [0.3, 0.4) is 0 Å². The molecule has 39 heavy (non-hydrogen) atoms. The van der Waals surface area contributed by atoms with Gasteiger partial charge in [0.2, 0.25) is 0 Å². The van der Waals surface area contributed by atoms with Crippen LogP contribution in [-0.4, -0.2) is 60.1 Å². The van der Waals surface area contributed by atoms with E-state index in [9.17, 15) is 19.8 Å². The lowest BCUT2D eigenvalue weighted by atomic mass is 9.59. The second-order valence-corrected chi connectivity index (χ2v) is 13.7. The Kier molecular flexibility index (Phi) is 11.7.